The Bertz CT molecular complexity index is 880. The van der Waals surface area contributed by atoms with E-state index in [1.165, 1.54) is 12.5 Å². The summed E-state index contributed by atoms with van der Waals surface area (Å²) in [5.74, 6) is -4.80. The number of carbonyl (C=O) groups excluding carboxylic acids is 3. The highest BCUT2D eigenvalue weighted by molar-refractivity contribution is 5.94. The van der Waals surface area contributed by atoms with Crippen LogP contribution in [-0.4, -0.2) is 87.1 Å². The minimum absolute atomic E-state index is 0.0330. The van der Waals surface area contributed by atoms with Crippen LogP contribution in [-0.2, 0) is 30.4 Å². The van der Waals surface area contributed by atoms with Crippen LogP contribution in [0.3, 0.4) is 0 Å². The van der Waals surface area contributed by atoms with Gasteiger partial charge in [0.25, 0.3) is 0 Å². The lowest BCUT2D eigenvalue weighted by atomic mass is 10.0. The van der Waals surface area contributed by atoms with Crippen molar-refractivity contribution in [1.29, 1.82) is 0 Å². The van der Waals surface area contributed by atoms with E-state index in [1.54, 1.807) is 0 Å². The molecule has 0 saturated carbocycles. The van der Waals surface area contributed by atoms with E-state index in [9.17, 15) is 29.1 Å². The number of amides is 3. The third kappa shape index (κ3) is 12.3. The highest BCUT2D eigenvalue weighted by Gasteiger charge is 2.30. The molecule has 3 amide bonds. The van der Waals surface area contributed by atoms with Gasteiger partial charge in [-0.15, -0.1) is 0 Å². The molecule has 37 heavy (non-hydrogen) atoms. The van der Waals surface area contributed by atoms with Gasteiger partial charge in [-0.25, -0.2) is 9.78 Å². The minimum Gasteiger partial charge on any atom is -0.481 e. The Kier molecular flexibility index (Phi) is 14.5. The standard InChI is InChI=1S/C22H38N8O7/c23-7-3-1-5-15(28-19(33)14(25)10-18(31)32)20(34)30-17(9-13-11-26-12-27-13)21(35)29-16(22(36)37)6-2-4-8-24/h11-12,14-17H,1-10,23-25H2,(H,26,27)(H,28,33)(H,29,35)(H,30,34)(H,31,32)(H,36,37). The van der Waals surface area contributed by atoms with E-state index in [4.69, 9.17) is 22.3 Å². The third-order valence-corrected chi connectivity index (χ3v) is 5.48. The zero-order chi connectivity index (χ0) is 27.8. The van der Waals surface area contributed by atoms with E-state index in [0.29, 0.717) is 44.5 Å². The number of hydrogen-bond donors (Lipinski definition) is 9. The van der Waals surface area contributed by atoms with Gasteiger partial charge in [0, 0.05) is 18.3 Å². The second-order valence-corrected chi connectivity index (χ2v) is 8.58. The molecular formula is C22H38N8O7. The van der Waals surface area contributed by atoms with E-state index >= 15 is 0 Å². The van der Waals surface area contributed by atoms with Crippen LogP contribution in [0.15, 0.2) is 12.5 Å². The van der Waals surface area contributed by atoms with Gasteiger partial charge < -0.3 is 48.3 Å². The van der Waals surface area contributed by atoms with E-state index < -0.39 is 60.2 Å². The molecule has 15 nitrogen and oxygen atoms in total. The molecule has 0 radical (unpaired) electrons. The molecule has 15 heteroatoms. The van der Waals surface area contributed by atoms with Gasteiger partial charge in [-0.1, -0.05) is 0 Å². The number of aromatic nitrogens is 2. The van der Waals surface area contributed by atoms with Crippen molar-refractivity contribution in [3.63, 3.8) is 0 Å². The minimum atomic E-state index is -1.38. The molecule has 0 saturated heterocycles. The van der Waals surface area contributed by atoms with E-state index in [-0.39, 0.29) is 19.3 Å². The highest BCUT2D eigenvalue weighted by atomic mass is 16.4. The van der Waals surface area contributed by atoms with Crippen LogP contribution in [0.1, 0.15) is 50.6 Å². The van der Waals surface area contributed by atoms with Crippen molar-refractivity contribution in [2.75, 3.05) is 13.1 Å². The van der Waals surface area contributed by atoms with Gasteiger partial charge >= 0.3 is 11.9 Å². The number of carboxylic acids is 2. The lowest BCUT2D eigenvalue weighted by Crippen LogP contribution is -2.57. The molecule has 1 aromatic heterocycles. The second-order valence-electron chi connectivity index (χ2n) is 8.58. The number of unbranched alkanes of at least 4 members (excludes halogenated alkanes) is 2. The Morgan fingerprint density at radius 3 is 1.89 bits per heavy atom. The molecule has 12 N–H and O–H groups in total. The molecule has 1 aromatic rings. The average molecular weight is 527 g/mol. The molecule has 0 aliphatic carbocycles. The molecule has 208 valence electrons. The number of aromatic amines is 1. The van der Waals surface area contributed by atoms with E-state index in [1.807, 2.05) is 0 Å². The number of rotatable bonds is 19. The zero-order valence-electron chi connectivity index (χ0n) is 20.7. The zero-order valence-corrected chi connectivity index (χ0v) is 20.7. The van der Waals surface area contributed by atoms with Crippen LogP contribution in [0.4, 0.5) is 0 Å². The van der Waals surface area contributed by atoms with Crippen LogP contribution in [0.25, 0.3) is 0 Å². The SMILES string of the molecule is NCCCCC(NC(=O)C(Cc1cnc[nH]1)NC(=O)C(CCCCN)NC(=O)C(N)CC(=O)O)C(=O)O. The Labute approximate surface area is 214 Å². The molecule has 4 unspecified atom stereocenters. The number of nitrogens with zero attached hydrogens (tertiary/aromatic N) is 1. The molecule has 4 atom stereocenters. The summed E-state index contributed by atoms with van der Waals surface area (Å²) in [6, 6.07) is -4.90. The van der Waals surface area contributed by atoms with Crippen LogP contribution in [0.2, 0.25) is 0 Å². The quantitative estimate of drug-likeness (QED) is 0.0853. The maximum Gasteiger partial charge on any atom is 0.326 e. The molecule has 0 bridgehead atoms. The summed E-state index contributed by atoms with van der Waals surface area (Å²) in [6.07, 6.45) is 4.58. The van der Waals surface area contributed by atoms with Gasteiger partial charge in [0.15, 0.2) is 0 Å². The predicted molar refractivity (Wildman–Crippen MR) is 132 cm³/mol. The number of aliphatic carboxylic acids is 2. The van der Waals surface area contributed by atoms with Crippen molar-refractivity contribution >= 4 is 29.7 Å². The molecule has 0 fully saturated rings. The predicted octanol–water partition coefficient (Wildman–Crippen LogP) is -2.45. The maximum absolute atomic E-state index is 13.1. The van der Waals surface area contributed by atoms with Gasteiger partial charge in [0.1, 0.15) is 18.1 Å². The van der Waals surface area contributed by atoms with Gasteiger partial charge in [0.2, 0.25) is 17.7 Å². The summed E-state index contributed by atoms with van der Waals surface area (Å²) in [5.41, 5.74) is 17.1. The maximum atomic E-state index is 13.1. The van der Waals surface area contributed by atoms with Crippen molar-refractivity contribution in [2.45, 2.75) is 75.5 Å². The number of H-pyrrole nitrogens is 1. The number of hydrogen-bond acceptors (Lipinski definition) is 9. The second kappa shape index (κ2) is 17.0. The number of carbonyl (C=O) groups is 5. The fraction of sp³-hybridized carbons (Fsp3) is 0.636. The van der Waals surface area contributed by atoms with E-state index in [0.717, 1.165) is 0 Å². The van der Waals surface area contributed by atoms with Crippen molar-refractivity contribution in [1.82, 2.24) is 25.9 Å². The van der Waals surface area contributed by atoms with Gasteiger partial charge in [-0.3, -0.25) is 19.2 Å². The van der Waals surface area contributed by atoms with Crippen molar-refractivity contribution in [3.05, 3.63) is 18.2 Å². The smallest absolute Gasteiger partial charge is 0.326 e. The summed E-state index contributed by atoms with van der Waals surface area (Å²) in [7, 11) is 0. The molecular weight excluding hydrogens is 488 g/mol. The third-order valence-electron chi connectivity index (χ3n) is 5.48. The first kappa shape index (κ1) is 31.5. The van der Waals surface area contributed by atoms with Crippen molar-refractivity contribution < 1.29 is 34.2 Å². The van der Waals surface area contributed by atoms with Gasteiger partial charge in [0.05, 0.1) is 18.8 Å². The largest absolute Gasteiger partial charge is 0.481 e. The Morgan fingerprint density at radius 2 is 1.38 bits per heavy atom. The molecule has 1 rings (SSSR count). The number of imidazole rings is 1. The Morgan fingerprint density at radius 1 is 0.838 bits per heavy atom. The molecule has 1 heterocycles. The van der Waals surface area contributed by atoms with E-state index in [2.05, 4.69) is 25.9 Å². The monoisotopic (exact) mass is 526 g/mol. The average Bonchev–Trinajstić information content (AvgIpc) is 3.35. The summed E-state index contributed by atoms with van der Waals surface area (Å²) < 4.78 is 0. The first-order valence-corrected chi connectivity index (χ1v) is 12.1. The fourth-order valence-electron chi connectivity index (χ4n) is 3.44. The molecule has 0 spiro atoms. The van der Waals surface area contributed by atoms with Crippen LogP contribution in [0, 0.1) is 0 Å². The number of nitrogens with two attached hydrogens (primary N) is 3. The number of carboxylic acid groups (broad SMARTS) is 2. The fourth-order valence-corrected chi connectivity index (χ4v) is 3.44. The molecule has 0 aliphatic heterocycles. The number of nitrogens with one attached hydrogen (secondary N) is 4. The van der Waals surface area contributed by atoms with Gasteiger partial charge in [-0.05, 0) is 51.6 Å². The first-order valence-electron chi connectivity index (χ1n) is 12.1. The topological polar surface area (TPSA) is 269 Å². The first-order chi connectivity index (χ1) is 17.6. The van der Waals surface area contributed by atoms with Crippen molar-refractivity contribution in [3.8, 4) is 0 Å². The highest BCUT2D eigenvalue weighted by Crippen LogP contribution is 2.07. The van der Waals surface area contributed by atoms with Gasteiger partial charge in [-0.2, -0.15) is 0 Å². The normalized spacial score (nSPS) is 14.1. The van der Waals surface area contributed by atoms with Crippen LogP contribution < -0.4 is 33.2 Å². The van der Waals surface area contributed by atoms with Crippen LogP contribution >= 0.6 is 0 Å². The summed E-state index contributed by atoms with van der Waals surface area (Å²) in [4.78, 5) is 67.8. The lowest BCUT2D eigenvalue weighted by molar-refractivity contribution is -0.142. The van der Waals surface area contributed by atoms with Crippen molar-refractivity contribution in [2.24, 2.45) is 17.2 Å². The Hall–Kier alpha value is -3.56. The lowest BCUT2D eigenvalue weighted by Gasteiger charge is -2.25. The summed E-state index contributed by atoms with van der Waals surface area (Å²) in [6.45, 7) is 0.735. The molecule has 0 aromatic carbocycles. The van der Waals surface area contributed by atoms with Crippen LogP contribution in [0.5, 0.6) is 0 Å². The summed E-state index contributed by atoms with van der Waals surface area (Å²) in [5, 5.41) is 25.8. The Balaban J connectivity index is 3.03. The summed E-state index contributed by atoms with van der Waals surface area (Å²) >= 11 is 0. The molecule has 0 aliphatic rings.